The van der Waals surface area contributed by atoms with Crippen LogP contribution >= 0.6 is 15.9 Å². The minimum Gasteiger partial charge on any atom is -0.368 e. The molecule has 0 aliphatic rings. The zero-order valence-electron chi connectivity index (χ0n) is 11.9. The highest BCUT2D eigenvalue weighted by molar-refractivity contribution is 9.10. The van der Waals surface area contributed by atoms with Gasteiger partial charge in [0.05, 0.1) is 5.56 Å². The molecule has 0 aromatic heterocycles. The minimum atomic E-state index is -1.27. The summed E-state index contributed by atoms with van der Waals surface area (Å²) in [6.07, 6.45) is 0.136. The number of carbonyl (C=O) groups excluding carboxylic acids is 2. The molecule has 7 heteroatoms. The first kappa shape index (κ1) is 17.1. The van der Waals surface area contributed by atoms with Crippen molar-refractivity contribution in [3.05, 3.63) is 69.7 Å². The number of nitrogens with two attached hydrogens (primary N) is 1. The van der Waals surface area contributed by atoms with E-state index in [-0.39, 0.29) is 6.42 Å². The van der Waals surface area contributed by atoms with E-state index in [1.54, 1.807) is 18.2 Å². The lowest BCUT2D eigenvalue weighted by Gasteiger charge is -2.16. The van der Waals surface area contributed by atoms with Gasteiger partial charge >= 0.3 is 0 Å². The summed E-state index contributed by atoms with van der Waals surface area (Å²) < 4.78 is 27.6. The van der Waals surface area contributed by atoms with E-state index in [0.717, 1.165) is 22.2 Å². The van der Waals surface area contributed by atoms with Gasteiger partial charge < -0.3 is 11.1 Å². The van der Waals surface area contributed by atoms with Gasteiger partial charge in [-0.2, -0.15) is 0 Å². The molecule has 3 N–H and O–H groups in total. The van der Waals surface area contributed by atoms with Gasteiger partial charge in [-0.25, -0.2) is 8.78 Å². The molecule has 120 valence electrons. The Labute approximate surface area is 139 Å². The number of carbonyl (C=O) groups is 2. The van der Waals surface area contributed by atoms with Crippen molar-refractivity contribution in [1.82, 2.24) is 5.32 Å². The van der Waals surface area contributed by atoms with Gasteiger partial charge in [0.1, 0.15) is 6.04 Å². The maximum Gasteiger partial charge on any atom is 0.255 e. The molecule has 23 heavy (non-hydrogen) atoms. The first-order valence-electron chi connectivity index (χ1n) is 6.67. The normalized spacial score (nSPS) is 11.8. The molecule has 2 amide bonds. The van der Waals surface area contributed by atoms with Gasteiger partial charge in [-0.15, -0.1) is 0 Å². The number of hydrogen-bond acceptors (Lipinski definition) is 2. The Bertz CT molecular complexity index is 753. The second-order valence-corrected chi connectivity index (χ2v) is 5.78. The molecule has 0 unspecified atom stereocenters. The lowest BCUT2D eigenvalue weighted by molar-refractivity contribution is -0.119. The summed E-state index contributed by atoms with van der Waals surface area (Å²) in [5.74, 6) is -4.08. The quantitative estimate of drug-likeness (QED) is 0.833. The van der Waals surface area contributed by atoms with Gasteiger partial charge in [0, 0.05) is 10.9 Å². The van der Waals surface area contributed by atoms with Crippen LogP contribution in [-0.2, 0) is 11.2 Å². The van der Waals surface area contributed by atoms with Crippen molar-refractivity contribution >= 4 is 27.7 Å². The summed E-state index contributed by atoms with van der Waals surface area (Å²) >= 11 is 3.30. The second-order valence-electron chi connectivity index (χ2n) is 4.86. The van der Waals surface area contributed by atoms with Gasteiger partial charge in [0.2, 0.25) is 5.91 Å². The molecule has 0 saturated heterocycles. The van der Waals surface area contributed by atoms with Crippen LogP contribution in [0.25, 0.3) is 0 Å². The fourth-order valence-electron chi connectivity index (χ4n) is 2.04. The van der Waals surface area contributed by atoms with Gasteiger partial charge in [-0.05, 0) is 29.8 Å². The Balaban J connectivity index is 2.18. The molecule has 2 aromatic carbocycles. The first-order chi connectivity index (χ1) is 10.9. The van der Waals surface area contributed by atoms with E-state index >= 15 is 0 Å². The van der Waals surface area contributed by atoms with E-state index in [0.29, 0.717) is 0 Å². The summed E-state index contributed by atoms with van der Waals surface area (Å²) in [7, 11) is 0. The van der Waals surface area contributed by atoms with Gasteiger partial charge in [-0.1, -0.05) is 34.1 Å². The number of rotatable bonds is 5. The van der Waals surface area contributed by atoms with Crippen LogP contribution < -0.4 is 11.1 Å². The molecule has 0 aliphatic carbocycles. The van der Waals surface area contributed by atoms with E-state index < -0.39 is 35.1 Å². The Hall–Kier alpha value is -2.28. The van der Waals surface area contributed by atoms with Gasteiger partial charge in [-0.3, -0.25) is 9.59 Å². The minimum absolute atomic E-state index is 0.136. The van der Waals surface area contributed by atoms with Crippen LogP contribution in [0.4, 0.5) is 8.78 Å². The average molecular weight is 383 g/mol. The third kappa shape index (κ3) is 4.35. The number of hydrogen-bond donors (Lipinski definition) is 2. The molecule has 1 atom stereocenters. The van der Waals surface area contributed by atoms with Crippen molar-refractivity contribution in [2.24, 2.45) is 5.73 Å². The Morgan fingerprint density at radius 2 is 1.87 bits per heavy atom. The largest absolute Gasteiger partial charge is 0.368 e. The zero-order chi connectivity index (χ0) is 17.0. The van der Waals surface area contributed by atoms with Crippen LogP contribution in [0, 0.1) is 11.6 Å². The topological polar surface area (TPSA) is 72.2 Å². The molecule has 0 bridgehead atoms. The smallest absolute Gasteiger partial charge is 0.255 e. The van der Waals surface area contributed by atoms with E-state index in [9.17, 15) is 18.4 Å². The predicted molar refractivity (Wildman–Crippen MR) is 84.7 cm³/mol. The molecule has 0 spiro atoms. The van der Waals surface area contributed by atoms with Crippen LogP contribution in [0.3, 0.4) is 0 Å². The summed E-state index contributed by atoms with van der Waals surface area (Å²) in [4.78, 5) is 23.6. The van der Waals surface area contributed by atoms with Gasteiger partial charge in [0.25, 0.3) is 5.91 Å². The van der Waals surface area contributed by atoms with E-state index in [2.05, 4.69) is 21.2 Å². The van der Waals surface area contributed by atoms with Crippen molar-refractivity contribution < 1.29 is 18.4 Å². The third-order valence-electron chi connectivity index (χ3n) is 3.17. The Kier molecular flexibility index (Phi) is 5.44. The molecule has 2 aromatic rings. The lowest BCUT2D eigenvalue weighted by atomic mass is 10.0. The predicted octanol–water partition coefficient (Wildman–Crippen LogP) is 2.55. The van der Waals surface area contributed by atoms with E-state index in [1.165, 1.54) is 6.07 Å². The van der Waals surface area contributed by atoms with Crippen molar-refractivity contribution in [2.45, 2.75) is 12.5 Å². The summed E-state index contributed by atoms with van der Waals surface area (Å²) in [6.45, 7) is 0. The maximum atomic E-state index is 13.6. The molecule has 4 nitrogen and oxygen atoms in total. The van der Waals surface area contributed by atoms with Crippen LogP contribution in [-0.4, -0.2) is 17.9 Å². The summed E-state index contributed by atoms with van der Waals surface area (Å²) in [6, 6.07) is 9.31. The lowest BCUT2D eigenvalue weighted by Crippen LogP contribution is -2.46. The molecule has 2 rings (SSSR count). The molecule has 0 fully saturated rings. The summed E-state index contributed by atoms with van der Waals surface area (Å²) in [5, 5.41) is 2.33. The zero-order valence-corrected chi connectivity index (χ0v) is 13.4. The van der Waals surface area contributed by atoms with Crippen LogP contribution in [0.2, 0.25) is 0 Å². The van der Waals surface area contributed by atoms with Crippen molar-refractivity contribution in [2.75, 3.05) is 0 Å². The Morgan fingerprint density at radius 3 is 2.52 bits per heavy atom. The van der Waals surface area contributed by atoms with Crippen molar-refractivity contribution in [1.29, 1.82) is 0 Å². The fraction of sp³-hybridized carbons (Fsp3) is 0.125. The third-order valence-corrected chi connectivity index (χ3v) is 3.67. The molecular weight excluding hydrogens is 370 g/mol. The molecule has 0 saturated carbocycles. The Morgan fingerprint density at radius 1 is 1.17 bits per heavy atom. The maximum absolute atomic E-state index is 13.6. The highest BCUT2D eigenvalue weighted by Crippen LogP contribution is 2.14. The molecule has 0 aliphatic heterocycles. The molecule has 0 heterocycles. The van der Waals surface area contributed by atoms with E-state index in [1.807, 2.05) is 6.07 Å². The number of nitrogens with one attached hydrogen (secondary N) is 1. The highest BCUT2D eigenvalue weighted by Gasteiger charge is 2.22. The van der Waals surface area contributed by atoms with E-state index in [4.69, 9.17) is 5.73 Å². The number of amides is 2. The van der Waals surface area contributed by atoms with Crippen LogP contribution in [0.15, 0.2) is 46.9 Å². The SMILES string of the molecule is NC(=O)[C@H](Cc1cccc(Br)c1)NC(=O)c1cccc(F)c1F. The van der Waals surface area contributed by atoms with Crippen molar-refractivity contribution in [3.8, 4) is 0 Å². The first-order valence-corrected chi connectivity index (χ1v) is 7.46. The number of benzene rings is 2. The van der Waals surface area contributed by atoms with Crippen LogP contribution in [0.1, 0.15) is 15.9 Å². The fourth-order valence-corrected chi connectivity index (χ4v) is 2.48. The van der Waals surface area contributed by atoms with Crippen molar-refractivity contribution in [3.63, 3.8) is 0 Å². The number of primary amides is 1. The number of halogens is 3. The summed E-state index contributed by atoms with van der Waals surface area (Å²) in [5.41, 5.74) is 5.56. The standard InChI is InChI=1S/C16H13BrF2N2O2/c17-10-4-1-3-9(7-10)8-13(15(20)22)21-16(23)11-5-2-6-12(18)14(11)19/h1-7,13H,8H2,(H2,20,22)(H,21,23)/t13-/m0/s1. The van der Waals surface area contributed by atoms with Gasteiger partial charge in [0.15, 0.2) is 11.6 Å². The molecule has 0 radical (unpaired) electrons. The average Bonchev–Trinajstić information content (AvgIpc) is 2.49. The monoisotopic (exact) mass is 382 g/mol. The second kappa shape index (κ2) is 7.32. The highest BCUT2D eigenvalue weighted by atomic mass is 79.9. The van der Waals surface area contributed by atoms with Crippen LogP contribution in [0.5, 0.6) is 0 Å². The molecular formula is C16H13BrF2N2O2.